The number of halogens is 1. The van der Waals surface area contributed by atoms with Gasteiger partial charge in [0.25, 0.3) is 0 Å². The normalized spacial score (nSPS) is 22.5. The lowest BCUT2D eigenvalue weighted by Crippen LogP contribution is -2.36. The second kappa shape index (κ2) is 11.1. The molecule has 1 aromatic carbocycles. The molecule has 0 radical (unpaired) electrons. The van der Waals surface area contributed by atoms with Gasteiger partial charge in [0.15, 0.2) is 9.84 Å². The van der Waals surface area contributed by atoms with Crippen LogP contribution in [0.25, 0.3) is 20.8 Å². The van der Waals surface area contributed by atoms with Crippen molar-refractivity contribution in [2.45, 2.75) is 63.2 Å². The highest BCUT2D eigenvalue weighted by molar-refractivity contribution is 7.91. The van der Waals surface area contributed by atoms with Gasteiger partial charge in [0.05, 0.1) is 44.4 Å². The number of hydrogen-bond donors (Lipinski definition) is 4. The van der Waals surface area contributed by atoms with E-state index in [-0.39, 0.29) is 22.6 Å². The summed E-state index contributed by atoms with van der Waals surface area (Å²) in [5.74, 6) is -0.131. The lowest BCUT2D eigenvalue weighted by molar-refractivity contribution is 0.0216. The van der Waals surface area contributed by atoms with E-state index in [1.165, 1.54) is 43.2 Å². The van der Waals surface area contributed by atoms with Gasteiger partial charge in [-0.3, -0.25) is 4.98 Å². The topological polar surface area (TPSA) is 150 Å². The molecule has 0 aliphatic heterocycles. The number of aliphatic hydroxyl groups excluding tert-OH is 2. The summed E-state index contributed by atoms with van der Waals surface area (Å²) in [5.41, 5.74) is 3.18. The molecule has 2 saturated carbocycles. The van der Waals surface area contributed by atoms with Gasteiger partial charge in [-0.15, -0.1) is 11.3 Å². The van der Waals surface area contributed by atoms with Gasteiger partial charge in [-0.1, -0.05) is 0 Å². The van der Waals surface area contributed by atoms with Crippen molar-refractivity contribution in [1.82, 2.24) is 19.9 Å². The summed E-state index contributed by atoms with van der Waals surface area (Å²) in [6.45, 7) is 6.04. The maximum atomic E-state index is 13.7. The largest absolute Gasteiger partial charge is 0.390 e. The highest BCUT2D eigenvalue weighted by atomic mass is 32.2. The van der Waals surface area contributed by atoms with E-state index in [2.05, 4.69) is 15.6 Å². The molecule has 222 valence electrons. The van der Waals surface area contributed by atoms with Crippen LogP contribution in [0, 0.1) is 38.4 Å². The Morgan fingerprint density at radius 2 is 1.83 bits per heavy atom. The van der Waals surface area contributed by atoms with Gasteiger partial charge in [-0.2, -0.15) is 4.98 Å². The number of rotatable bonds is 9. The molecule has 42 heavy (non-hydrogen) atoms. The zero-order valence-corrected chi connectivity index (χ0v) is 25.1. The van der Waals surface area contributed by atoms with E-state index in [0.29, 0.717) is 33.9 Å². The summed E-state index contributed by atoms with van der Waals surface area (Å²) in [6, 6.07) is 4.87. The SMILES string of the molecule is Cc1cc(S(=O)(=O)C[C@H]2C[C@@H](Nc3nc(NCC4CC4)nc(C)c3-c3nc4c(C)nccc4s3)[C@H](O)[C@@H]2O)ccc1F. The first-order chi connectivity index (χ1) is 20.0. The Bertz CT molecular complexity index is 1760. The third-order valence-corrected chi connectivity index (χ3v) is 11.0. The highest BCUT2D eigenvalue weighted by Crippen LogP contribution is 2.39. The molecule has 0 saturated heterocycles. The Kier molecular flexibility index (Phi) is 7.62. The van der Waals surface area contributed by atoms with Crippen molar-refractivity contribution in [3.05, 3.63) is 53.2 Å². The molecule has 6 rings (SSSR count). The number of fused-ring (bicyclic) bond motifs is 1. The number of aryl methyl sites for hydroxylation is 3. The van der Waals surface area contributed by atoms with Gasteiger partial charge in [0, 0.05) is 18.7 Å². The first-order valence-electron chi connectivity index (χ1n) is 14.0. The maximum absolute atomic E-state index is 13.7. The van der Waals surface area contributed by atoms with Gasteiger partial charge in [0.1, 0.15) is 28.3 Å². The van der Waals surface area contributed by atoms with Gasteiger partial charge in [0.2, 0.25) is 5.95 Å². The van der Waals surface area contributed by atoms with E-state index < -0.39 is 39.8 Å². The first-order valence-corrected chi connectivity index (χ1v) is 16.4. The summed E-state index contributed by atoms with van der Waals surface area (Å²) >= 11 is 1.48. The monoisotopic (exact) mass is 612 g/mol. The van der Waals surface area contributed by atoms with E-state index in [1.54, 1.807) is 6.20 Å². The number of hydrogen-bond acceptors (Lipinski definition) is 11. The molecule has 2 fully saturated rings. The number of pyridine rings is 1. The van der Waals surface area contributed by atoms with Gasteiger partial charge in [-0.05, 0) is 75.8 Å². The Hall–Kier alpha value is -3.26. The smallest absolute Gasteiger partial charge is 0.224 e. The number of nitrogens with zero attached hydrogens (tertiary/aromatic N) is 4. The summed E-state index contributed by atoms with van der Waals surface area (Å²) in [6.07, 6.45) is 1.73. The molecule has 3 heterocycles. The van der Waals surface area contributed by atoms with Crippen molar-refractivity contribution in [1.29, 1.82) is 0 Å². The second-order valence-corrected chi connectivity index (χ2v) is 14.4. The number of nitrogens with one attached hydrogen (secondary N) is 2. The van der Waals surface area contributed by atoms with Crippen LogP contribution in [0.2, 0.25) is 0 Å². The molecular weight excluding hydrogens is 579 g/mol. The lowest BCUT2D eigenvalue weighted by Gasteiger charge is -2.21. The average molecular weight is 613 g/mol. The van der Waals surface area contributed by atoms with Crippen LogP contribution in [0.4, 0.5) is 16.2 Å². The fourth-order valence-corrected chi connectivity index (χ4v) is 8.29. The number of aromatic nitrogens is 4. The van der Waals surface area contributed by atoms with Crippen LogP contribution in [0.15, 0.2) is 35.4 Å². The predicted octanol–water partition coefficient (Wildman–Crippen LogP) is 4.03. The van der Waals surface area contributed by atoms with Crippen molar-refractivity contribution < 1.29 is 23.0 Å². The van der Waals surface area contributed by atoms with Crippen LogP contribution in [0.5, 0.6) is 0 Å². The molecule has 0 amide bonds. The first kappa shape index (κ1) is 28.8. The van der Waals surface area contributed by atoms with Crippen LogP contribution in [-0.2, 0) is 9.84 Å². The highest BCUT2D eigenvalue weighted by Gasteiger charge is 2.44. The number of thiazole rings is 1. The molecule has 0 bridgehead atoms. The fourth-order valence-electron chi connectivity index (χ4n) is 5.46. The third-order valence-electron chi connectivity index (χ3n) is 8.09. The van der Waals surface area contributed by atoms with Gasteiger partial charge in [-0.25, -0.2) is 22.8 Å². The minimum Gasteiger partial charge on any atom is -0.390 e. The number of benzene rings is 1. The lowest BCUT2D eigenvalue weighted by atomic mass is 10.1. The van der Waals surface area contributed by atoms with E-state index in [1.807, 2.05) is 19.9 Å². The Balaban J connectivity index is 1.30. The molecule has 13 heteroatoms. The maximum Gasteiger partial charge on any atom is 0.224 e. The summed E-state index contributed by atoms with van der Waals surface area (Å²) in [4.78, 5) is 18.6. The van der Waals surface area contributed by atoms with E-state index in [4.69, 9.17) is 15.0 Å². The molecule has 0 spiro atoms. The Morgan fingerprint density at radius 1 is 1.05 bits per heavy atom. The van der Waals surface area contributed by atoms with Crippen molar-refractivity contribution in [3.63, 3.8) is 0 Å². The molecule has 10 nitrogen and oxygen atoms in total. The molecule has 4 N–H and O–H groups in total. The van der Waals surface area contributed by atoms with Crippen LogP contribution < -0.4 is 10.6 Å². The zero-order chi connectivity index (χ0) is 29.8. The number of sulfone groups is 1. The molecule has 2 aliphatic carbocycles. The molecule has 2 aliphatic rings. The molecular formula is C29H33FN6O4S2. The quantitative estimate of drug-likeness (QED) is 0.204. The molecule has 3 aromatic heterocycles. The van der Waals surface area contributed by atoms with E-state index >= 15 is 0 Å². The second-order valence-electron chi connectivity index (χ2n) is 11.4. The van der Waals surface area contributed by atoms with E-state index in [9.17, 15) is 23.0 Å². The van der Waals surface area contributed by atoms with Gasteiger partial charge < -0.3 is 20.8 Å². The number of aliphatic hydroxyl groups is 2. The van der Waals surface area contributed by atoms with Crippen molar-refractivity contribution in [3.8, 4) is 10.6 Å². The van der Waals surface area contributed by atoms with Crippen molar-refractivity contribution in [2.24, 2.45) is 11.8 Å². The predicted molar refractivity (Wildman–Crippen MR) is 160 cm³/mol. The van der Waals surface area contributed by atoms with Crippen molar-refractivity contribution >= 4 is 43.2 Å². The van der Waals surface area contributed by atoms with Crippen LogP contribution in [0.3, 0.4) is 0 Å². The number of anilines is 2. The Morgan fingerprint density at radius 3 is 2.55 bits per heavy atom. The van der Waals surface area contributed by atoms with Gasteiger partial charge >= 0.3 is 0 Å². The summed E-state index contributed by atoms with van der Waals surface area (Å²) < 4.78 is 41.0. The Labute approximate surface area is 247 Å². The van der Waals surface area contributed by atoms with Crippen molar-refractivity contribution in [2.75, 3.05) is 22.9 Å². The third kappa shape index (κ3) is 5.70. The summed E-state index contributed by atoms with van der Waals surface area (Å²) in [7, 11) is -3.84. The molecule has 4 atom stereocenters. The minimum absolute atomic E-state index is 0.0137. The molecule has 4 aromatic rings. The fraction of sp³-hybridized carbons (Fsp3) is 0.448. The summed E-state index contributed by atoms with van der Waals surface area (Å²) in [5, 5.41) is 29.3. The van der Waals surface area contributed by atoms with Crippen LogP contribution in [-0.4, -0.2) is 69.1 Å². The standard InChI is InChI=1S/C29H33FN6O4S2/c1-14-10-19(6-7-20(14)30)42(39,40)13-18-11-21(26(38)25(18)37)34-27-23(15(2)33-29(36-27)32-12-17-4-5-17)28-35-24-16(3)31-9-8-22(24)41-28/h6-10,17-18,21,25-26,37-38H,4-5,11-13H2,1-3H3,(H2,32,33,34,36)/t18-,21-,25-,26+/m1/s1. The van der Waals surface area contributed by atoms with Crippen LogP contribution in [0.1, 0.15) is 36.2 Å². The zero-order valence-electron chi connectivity index (χ0n) is 23.5. The average Bonchev–Trinajstić information content (AvgIpc) is 3.62. The molecule has 0 unspecified atom stereocenters. The minimum atomic E-state index is -3.84. The van der Waals surface area contributed by atoms with E-state index in [0.717, 1.165) is 28.5 Å². The van der Waals surface area contributed by atoms with Crippen LogP contribution >= 0.6 is 11.3 Å².